The molecule has 0 saturated heterocycles. The minimum absolute atomic E-state index is 0.479. The molecular weight excluding hydrogens is 631 g/mol. The summed E-state index contributed by atoms with van der Waals surface area (Å²) in [4.78, 5) is 2.35. The summed E-state index contributed by atoms with van der Waals surface area (Å²) in [5, 5.41) is 0. The maximum Gasteiger partial charge on any atom is 0.132 e. The fourth-order valence-corrected chi connectivity index (χ4v) is 8.28. The molecule has 1 aliphatic carbocycles. The monoisotopic (exact) mass is 667 g/mol. The maximum atomic E-state index is 6.84. The Balaban J connectivity index is 1.21. The SMILES string of the molecule is C=C/C=C\C1=C(C)C2(c3ccc(-c4cccc(N(c5ccccc5)c5ccccc5-c5ccccc5)c4)cc3O1)c1ccccc1-c1ccccc12. The largest absolute Gasteiger partial charge is 0.457 e. The van der Waals surface area contributed by atoms with Crippen molar-refractivity contribution < 1.29 is 4.74 Å². The first-order valence-electron chi connectivity index (χ1n) is 17.8. The van der Waals surface area contributed by atoms with Crippen LogP contribution in [-0.2, 0) is 5.41 Å². The zero-order valence-corrected chi connectivity index (χ0v) is 29.0. The molecule has 0 radical (unpaired) electrons. The van der Waals surface area contributed by atoms with Gasteiger partial charge in [-0.2, -0.15) is 0 Å². The standard InChI is InChI=1S/C50H37NO/c1-3-4-30-48-35(2)50(44-27-14-11-25-42(44)43-26-12-15-28-45(43)50)46-32-31-38(34-49(46)52-48)37-20-17-23-40(33-37)51(39-21-9-6-10-22-39)47-29-16-13-24-41(47)36-18-7-5-8-19-36/h3-34H,1H2,2H3/b30-4-. The maximum absolute atomic E-state index is 6.84. The van der Waals surface area contributed by atoms with Gasteiger partial charge in [0.15, 0.2) is 0 Å². The fourth-order valence-electron chi connectivity index (χ4n) is 8.28. The summed E-state index contributed by atoms with van der Waals surface area (Å²) in [5.74, 6) is 1.70. The molecule has 0 fully saturated rings. The van der Waals surface area contributed by atoms with Crippen LogP contribution in [0.2, 0.25) is 0 Å². The van der Waals surface area contributed by atoms with Crippen LogP contribution >= 0.6 is 0 Å². The van der Waals surface area contributed by atoms with Gasteiger partial charge >= 0.3 is 0 Å². The third-order valence-electron chi connectivity index (χ3n) is 10.6. The molecule has 0 unspecified atom stereocenters. The Kier molecular flexibility index (Phi) is 7.79. The molecular formula is C50H37NO. The number of para-hydroxylation sites is 2. The Morgan fingerprint density at radius 3 is 1.81 bits per heavy atom. The third kappa shape index (κ3) is 4.95. The van der Waals surface area contributed by atoms with Crippen molar-refractivity contribution in [2.75, 3.05) is 4.90 Å². The Morgan fingerprint density at radius 1 is 0.519 bits per heavy atom. The van der Waals surface area contributed by atoms with Crippen molar-refractivity contribution in [1.82, 2.24) is 0 Å². The zero-order chi connectivity index (χ0) is 35.1. The number of nitrogens with zero attached hydrogens (tertiary/aromatic N) is 1. The van der Waals surface area contributed by atoms with E-state index in [4.69, 9.17) is 4.74 Å². The summed E-state index contributed by atoms with van der Waals surface area (Å²) in [6.45, 7) is 6.16. The highest BCUT2D eigenvalue weighted by Gasteiger charge is 2.50. The van der Waals surface area contributed by atoms with Crippen molar-refractivity contribution in [3.05, 3.63) is 229 Å². The van der Waals surface area contributed by atoms with Crippen LogP contribution in [0.1, 0.15) is 23.6 Å². The van der Waals surface area contributed by atoms with Crippen molar-refractivity contribution in [3.63, 3.8) is 0 Å². The molecule has 0 atom stereocenters. The Labute approximate surface area is 305 Å². The van der Waals surface area contributed by atoms with Crippen LogP contribution in [0.25, 0.3) is 33.4 Å². The number of benzene rings is 7. The normalized spacial score (nSPS) is 13.7. The van der Waals surface area contributed by atoms with Gasteiger partial charge in [-0.05, 0) is 93.9 Å². The summed E-state index contributed by atoms with van der Waals surface area (Å²) in [6, 6.07) is 63.1. The molecule has 7 aromatic carbocycles. The first-order chi connectivity index (χ1) is 25.7. The van der Waals surface area contributed by atoms with Gasteiger partial charge in [-0.25, -0.2) is 0 Å². The molecule has 1 aliphatic heterocycles. The third-order valence-corrected chi connectivity index (χ3v) is 10.6. The van der Waals surface area contributed by atoms with Crippen molar-refractivity contribution >= 4 is 17.1 Å². The minimum atomic E-state index is -0.479. The van der Waals surface area contributed by atoms with E-state index in [9.17, 15) is 0 Å². The molecule has 7 aromatic rings. The average Bonchev–Trinajstić information content (AvgIpc) is 3.50. The molecule has 2 heteroatoms. The number of rotatable bonds is 7. The molecule has 0 bridgehead atoms. The summed E-state index contributed by atoms with van der Waals surface area (Å²) < 4.78 is 6.84. The van der Waals surface area contributed by atoms with E-state index in [0.29, 0.717) is 0 Å². The van der Waals surface area contributed by atoms with Gasteiger partial charge in [-0.3, -0.25) is 0 Å². The van der Waals surface area contributed by atoms with E-state index in [2.05, 4.69) is 194 Å². The van der Waals surface area contributed by atoms with Crippen LogP contribution in [0, 0.1) is 0 Å². The van der Waals surface area contributed by atoms with Gasteiger partial charge in [0.2, 0.25) is 0 Å². The van der Waals surface area contributed by atoms with Crippen LogP contribution in [0.3, 0.4) is 0 Å². The van der Waals surface area contributed by atoms with Gasteiger partial charge in [-0.1, -0.05) is 158 Å². The molecule has 1 spiro atoms. The predicted molar refractivity (Wildman–Crippen MR) is 216 cm³/mol. The number of hydrogen-bond acceptors (Lipinski definition) is 2. The smallest absolute Gasteiger partial charge is 0.132 e. The Bertz CT molecular complexity index is 2480. The Hall–Kier alpha value is -6.64. The second kappa shape index (κ2) is 12.9. The highest BCUT2D eigenvalue weighted by molar-refractivity contribution is 5.90. The van der Waals surface area contributed by atoms with Gasteiger partial charge in [0, 0.05) is 22.5 Å². The van der Waals surface area contributed by atoms with Crippen LogP contribution in [0.4, 0.5) is 17.1 Å². The number of fused-ring (bicyclic) bond motifs is 7. The lowest BCUT2D eigenvalue weighted by Gasteiger charge is -2.39. The van der Waals surface area contributed by atoms with E-state index in [1.165, 1.54) is 39.0 Å². The summed E-state index contributed by atoms with van der Waals surface area (Å²) in [7, 11) is 0. The lowest BCUT2D eigenvalue weighted by Crippen LogP contribution is -2.33. The second-order valence-corrected chi connectivity index (χ2v) is 13.3. The van der Waals surface area contributed by atoms with Crippen molar-refractivity contribution in [2.45, 2.75) is 12.3 Å². The number of ether oxygens (including phenoxy) is 1. The first kappa shape index (κ1) is 31.3. The predicted octanol–water partition coefficient (Wildman–Crippen LogP) is 13.2. The topological polar surface area (TPSA) is 12.5 Å². The lowest BCUT2D eigenvalue weighted by molar-refractivity contribution is 0.399. The molecule has 9 rings (SSSR count). The number of anilines is 3. The zero-order valence-electron chi connectivity index (χ0n) is 29.0. The van der Waals surface area contributed by atoms with E-state index in [-0.39, 0.29) is 0 Å². The molecule has 0 saturated carbocycles. The number of allylic oxidation sites excluding steroid dienone is 4. The quantitative estimate of drug-likeness (QED) is 0.157. The molecule has 2 nitrogen and oxygen atoms in total. The van der Waals surface area contributed by atoms with Crippen molar-refractivity contribution in [1.29, 1.82) is 0 Å². The summed E-state index contributed by atoms with van der Waals surface area (Å²) in [5.41, 5.74) is 14.8. The van der Waals surface area contributed by atoms with Crippen LogP contribution in [0.15, 0.2) is 212 Å². The van der Waals surface area contributed by atoms with E-state index in [1.54, 1.807) is 6.08 Å². The van der Waals surface area contributed by atoms with Crippen LogP contribution in [0.5, 0.6) is 5.75 Å². The van der Waals surface area contributed by atoms with E-state index in [1.807, 2.05) is 12.2 Å². The Morgan fingerprint density at radius 2 is 1.10 bits per heavy atom. The summed E-state index contributed by atoms with van der Waals surface area (Å²) in [6.07, 6.45) is 5.81. The van der Waals surface area contributed by atoms with Crippen LogP contribution in [-0.4, -0.2) is 0 Å². The fraction of sp³-hybridized carbons (Fsp3) is 0.0400. The van der Waals surface area contributed by atoms with E-state index >= 15 is 0 Å². The van der Waals surface area contributed by atoms with Gasteiger partial charge in [0.1, 0.15) is 11.5 Å². The molecule has 0 aromatic heterocycles. The molecule has 2 aliphatic rings. The molecule has 0 amide bonds. The molecule has 0 N–H and O–H groups in total. The lowest BCUT2D eigenvalue weighted by atomic mass is 9.66. The highest BCUT2D eigenvalue weighted by atomic mass is 16.5. The number of hydrogen-bond donors (Lipinski definition) is 0. The van der Waals surface area contributed by atoms with Crippen LogP contribution < -0.4 is 9.64 Å². The van der Waals surface area contributed by atoms with Gasteiger partial charge in [0.25, 0.3) is 0 Å². The molecule has 248 valence electrons. The van der Waals surface area contributed by atoms with E-state index in [0.717, 1.165) is 45.3 Å². The highest BCUT2D eigenvalue weighted by Crippen LogP contribution is 2.60. The molecule has 1 heterocycles. The second-order valence-electron chi connectivity index (χ2n) is 13.3. The average molecular weight is 668 g/mol. The first-order valence-corrected chi connectivity index (χ1v) is 17.8. The molecule has 52 heavy (non-hydrogen) atoms. The summed E-state index contributed by atoms with van der Waals surface area (Å²) >= 11 is 0. The van der Waals surface area contributed by atoms with E-state index < -0.39 is 5.41 Å². The van der Waals surface area contributed by atoms with Gasteiger partial charge in [0.05, 0.1) is 11.1 Å². The van der Waals surface area contributed by atoms with Gasteiger partial charge < -0.3 is 9.64 Å². The van der Waals surface area contributed by atoms with Gasteiger partial charge in [-0.15, -0.1) is 0 Å². The van der Waals surface area contributed by atoms with Crippen molar-refractivity contribution in [2.24, 2.45) is 0 Å². The minimum Gasteiger partial charge on any atom is -0.457 e. The van der Waals surface area contributed by atoms with Crippen molar-refractivity contribution in [3.8, 4) is 39.1 Å².